The molecule has 3 unspecified atom stereocenters. The van der Waals surface area contributed by atoms with E-state index in [4.69, 9.17) is 22.1 Å². The molecule has 2 heterocycles. The maximum atomic E-state index is 6.72. The van der Waals surface area contributed by atoms with Crippen LogP contribution in [-0.2, 0) is 10.3 Å². The number of hydrogen-bond donors (Lipinski definition) is 1. The fourth-order valence-electron chi connectivity index (χ4n) is 3.52. The van der Waals surface area contributed by atoms with Crippen LogP contribution in [0, 0.1) is 5.92 Å². The molecule has 110 valence electrons. The van der Waals surface area contributed by atoms with Crippen LogP contribution < -0.4 is 5.73 Å². The molecule has 0 aliphatic carbocycles. The Bertz CT molecular complexity index is 485. The molecule has 0 radical (unpaired) electrons. The van der Waals surface area contributed by atoms with Crippen LogP contribution in [0.1, 0.15) is 31.7 Å². The van der Waals surface area contributed by atoms with Crippen molar-refractivity contribution in [3.05, 3.63) is 34.9 Å². The predicted molar refractivity (Wildman–Crippen MR) is 86.3 cm³/mol. The summed E-state index contributed by atoms with van der Waals surface area (Å²) in [5, 5.41) is 0.777. The van der Waals surface area contributed by atoms with E-state index in [9.17, 15) is 0 Å². The largest absolute Gasteiger partial charge is 0.374 e. The molecule has 0 aromatic heterocycles. The molecular formula is C16H22ClNOS. The van der Waals surface area contributed by atoms with Crippen LogP contribution in [0.3, 0.4) is 0 Å². The first kappa shape index (κ1) is 14.7. The van der Waals surface area contributed by atoms with Crippen LogP contribution in [0.25, 0.3) is 0 Å². The highest BCUT2D eigenvalue weighted by Crippen LogP contribution is 2.46. The van der Waals surface area contributed by atoms with E-state index in [-0.39, 0.29) is 11.1 Å². The van der Waals surface area contributed by atoms with Crippen molar-refractivity contribution in [2.24, 2.45) is 11.7 Å². The first-order chi connectivity index (χ1) is 9.54. The molecule has 1 aromatic rings. The van der Waals surface area contributed by atoms with Gasteiger partial charge in [-0.1, -0.05) is 29.8 Å². The minimum atomic E-state index is -0.387. The van der Waals surface area contributed by atoms with Crippen molar-refractivity contribution in [1.82, 2.24) is 0 Å². The van der Waals surface area contributed by atoms with Gasteiger partial charge in [-0.2, -0.15) is 11.8 Å². The molecule has 0 amide bonds. The van der Waals surface area contributed by atoms with Crippen LogP contribution in [0.15, 0.2) is 24.3 Å². The van der Waals surface area contributed by atoms with Crippen molar-refractivity contribution in [2.45, 2.75) is 37.3 Å². The number of benzene rings is 1. The Kier molecular flexibility index (Phi) is 4.06. The summed E-state index contributed by atoms with van der Waals surface area (Å²) in [5.74, 6) is 2.75. The smallest absolute Gasteiger partial charge is 0.0783 e. The summed E-state index contributed by atoms with van der Waals surface area (Å²) in [6.07, 6.45) is 3.23. The van der Waals surface area contributed by atoms with Crippen molar-refractivity contribution in [2.75, 3.05) is 18.1 Å². The van der Waals surface area contributed by atoms with Gasteiger partial charge in [0.2, 0.25) is 0 Å². The lowest BCUT2D eigenvalue weighted by Crippen LogP contribution is -2.50. The van der Waals surface area contributed by atoms with Crippen LogP contribution in [0.4, 0.5) is 0 Å². The van der Waals surface area contributed by atoms with E-state index < -0.39 is 0 Å². The van der Waals surface area contributed by atoms with E-state index in [1.807, 2.05) is 30.0 Å². The molecule has 2 aliphatic heterocycles. The number of hydrogen-bond acceptors (Lipinski definition) is 3. The summed E-state index contributed by atoms with van der Waals surface area (Å²) in [6.45, 7) is 2.95. The third kappa shape index (κ3) is 2.61. The van der Waals surface area contributed by atoms with Crippen LogP contribution in [0.5, 0.6) is 0 Å². The Hall–Kier alpha value is -0.220. The van der Waals surface area contributed by atoms with Crippen molar-refractivity contribution < 1.29 is 4.74 Å². The molecule has 3 rings (SSSR count). The average molecular weight is 312 g/mol. The van der Waals surface area contributed by atoms with Crippen molar-refractivity contribution >= 4 is 23.4 Å². The molecular weight excluding hydrogens is 290 g/mol. The monoisotopic (exact) mass is 311 g/mol. The second kappa shape index (κ2) is 5.53. The number of thioether (sulfide) groups is 1. The highest BCUT2D eigenvalue weighted by molar-refractivity contribution is 7.99. The second-order valence-electron chi connectivity index (χ2n) is 6.29. The Morgan fingerprint density at radius 3 is 2.95 bits per heavy atom. The normalized spacial score (nSPS) is 33.2. The quantitative estimate of drug-likeness (QED) is 0.902. The van der Waals surface area contributed by atoms with Gasteiger partial charge in [-0.3, -0.25) is 0 Å². The number of nitrogens with two attached hydrogens (primary N) is 1. The molecule has 4 heteroatoms. The molecule has 3 atom stereocenters. The summed E-state index contributed by atoms with van der Waals surface area (Å²) in [7, 11) is 0. The lowest BCUT2D eigenvalue weighted by atomic mass is 9.71. The Morgan fingerprint density at radius 2 is 2.25 bits per heavy atom. The van der Waals surface area contributed by atoms with Crippen molar-refractivity contribution in [3.8, 4) is 0 Å². The average Bonchev–Trinajstić information content (AvgIpc) is 2.87. The summed E-state index contributed by atoms with van der Waals surface area (Å²) in [4.78, 5) is 0. The van der Waals surface area contributed by atoms with Crippen molar-refractivity contribution in [1.29, 1.82) is 0 Å². The van der Waals surface area contributed by atoms with Gasteiger partial charge in [-0.15, -0.1) is 0 Å². The van der Waals surface area contributed by atoms with Gasteiger partial charge in [0, 0.05) is 22.9 Å². The van der Waals surface area contributed by atoms with Gasteiger partial charge in [0.25, 0.3) is 0 Å². The van der Waals surface area contributed by atoms with E-state index in [1.165, 1.54) is 5.75 Å². The van der Waals surface area contributed by atoms with E-state index in [1.54, 1.807) is 0 Å². The summed E-state index contributed by atoms with van der Waals surface area (Å²) < 4.78 is 6.11. The Morgan fingerprint density at radius 1 is 1.45 bits per heavy atom. The van der Waals surface area contributed by atoms with E-state index in [2.05, 4.69) is 13.0 Å². The fraction of sp³-hybridized carbons (Fsp3) is 0.625. The standard InChI is InChI=1S/C16H22ClNOS/c1-15(18,13-4-2-3-5-14(13)17)12-6-8-19-16(10-12)7-9-20-11-16/h2-5,12H,6-11,18H2,1H3. The topological polar surface area (TPSA) is 35.2 Å². The molecule has 2 fully saturated rings. The lowest BCUT2D eigenvalue weighted by Gasteiger charge is -2.44. The fourth-order valence-corrected chi connectivity index (χ4v) is 5.24. The van der Waals surface area contributed by atoms with Gasteiger partial charge < -0.3 is 10.5 Å². The van der Waals surface area contributed by atoms with Crippen molar-refractivity contribution in [3.63, 3.8) is 0 Å². The van der Waals surface area contributed by atoms with Gasteiger partial charge in [0.15, 0.2) is 0 Å². The van der Waals surface area contributed by atoms with Crippen LogP contribution >= 0.6 is 23.4 Å². The minimum Gasteiger partial charge on any atom is -0.374 e. The number of rotatable bonds is 2. The molecule has 0 saturated carbocycles. The summed E-state index contributed by atoms with van der Waals surface area (Å²) in [5.41, 5.74) is 7.46. The van der Waals surface area contributed by atoms with E-state index in [0.717, 1.165) is 42.2 Å². The molecule has 2 N–H and O–H groups in total. The van der Waals surface area contributed by atoms with Gasteiger partial charge in [-0.25, -0.2) is 0 Å². The first-order valence-corrected chi connectivity index (χ1v) is 8.82. The molecule has 20 heavy (non-hydrogen) atoms. The van der Waals surface area contributed by atoms with Gasteiger partial charge >= 0.3 is 0 Å². The minimum absolute atomic E-state index is 0.0650. The Labute approximate surface area is 130 Å². The van der Waals surface area contributed by atoms with E-state index in [0.29, 0.717) is 5.92 Å². The zero-order valence-corrected chi connectivity index (χ0v) is 13.5. The second-order valence-corrected chi connectivity index (χ2v) is 7.80. The van der Waals surface area contributed by atoms with Gasteiger partial charge in [-0.05, 0) is 49.5 Å². The van der Waals surface area contributed by atoms with Gasteiger partial charge in [0.1, 0.15) is 0 Å². The van der Waals surface area contributed by atoms with Crippen LogP contribution in [-0.4, -0.2) is 23.7 Å². The SMILES string of the molecule is CC(N)(c1ccccc1Cl)C1CCOC2(CCSC2)C1. The highest BCUT2D eigenvalue weighted by Gasteiger charge is 2.45. The number of halogens is 1. The van der Waals surface area contributed by atoms with Gasteiger partial charge in [0.05, 0.1) is 5.60 Å². The Balaban J connectivity index is 1.85. The molecule has 0 bridgehead atoms. The van der Waals surface area contributed by atoms with E-state index >= 15 is 0 Å². The molecule has 2 saturated heterocycles. The predicted octanol–water partition coefficient (Wildman–Crippen LogP) is 3.82. The maximum absolute atomic E-state index is 6.72. The molecule has 1 spiro atoms. The molecule has 2 nitrogen and oxygen atoms in total. The molecule has 2 aliphatic rings. The summed E-state index contributed by atoms with van der Waals surface area (Å²) >= 11 is 8.36. The summed E-state index contributed by atoms with van der Waals surface area (Å²) in [6, 6.07) is 7.98. The van der Waals surface area contributed by atoms with Crippen LogP contribution in [0.2, 0.25) is 5.02 Å². The zero-order chi connectivity index (χ0) is 14.2. The first-order valence-electron chi connectivity index (χ1n) is 7.29. The third-order valence-corrected chi connectivity index (χ3v) is 6.41. The maximum Gasteiger partial charge on any atom is 0.0783 e. The third-order valence-electron chi connectivity index (χ3n) is 4.86. The highest BCUT2D eigenvalue weighted by atomic mass is 35.5. The number of ether oxygens (including phenoxy) is 1. The lowest BCUT2D eigenvalue weighted by molar-refractivity contribution is -0.0917. The molecule has 1 aromatic carbocycles. The zero-order valence-electron chi connectivity index (χ0n) is 11.9.